The summed E-state index contributed by atoms with van der Waals surface area (Å²) in [5.74, 6) is -0.0510. The lowest BCUT2D eigenvalue weighted by molar-refractivity contribution is -0.122. The van der Waals surface area contributed by atoms with Crippen LogP contribution in [-0.2, 0) is 14.8 Å². The predicted molar refractivity (Wildman–Crippen MR) is 116 cm³/mol. The van der Waals surface area contributed by atoms with E-state index in [0.29, 0.717) is 21.6 Å². The Kier molecular flexibility index (Phi) is 5.44. The van der Waals surface area contributed by atoms with Crippen molar-refractivity contribution in [3.8, 4) is 16.3 Å². The molecule has 8 nitrogen and oxygen atoms in total. The van der Waals surface area contributed by atoms with Gasteiger partial charge in [0.1, 0.15) is 10.8 Å². The van der Waals surface area contributed by atoms with Crippen LogP contribution in [0, 0.1) is 6.92 Å². The Morgan fingerprint density at radius 3 is 2.63 bits per heavy atom. The zero-order valence-electron chi connectivity index (χ0n) is 16.4. The van der Waals surface area contributed by atoms with E-state index < -0.39 is 22.0 Å². The molecule has 0 saturated heterocycles. The number of aromatic nitrogens is 2. The number of carbonyl (C=O) groups excluding carboxylic acids is 1. The number of hydrogen-bond acceptors (Lipinski definition) is 7. The van der Waals surface area contributed by atoms with Crippen molar-refractivity contribution in [1.29, 1.82) is 0 Å². The highest BCUT2D eigenvalue weighted by atomic mass is 32.2. The number of ether oxygens (including phenoxy) is 1. The quantitative estimate of drug-likeness (QED) is 0.664. The zero-order chi connectivity index (χ0) is 21.3. The predicted octanol–water partition coefficient (Wildman–Crippen LogP) is 3.07. The molecule has 3 aromatic rings. The van der Waals surface area contributed by atoms with Crippen molar-refractivity contribution >= 4 is 38.1 Å². The minimum atomic E-state index is -3.50. The molecule has 1 aliphatic heterocycles. The molecule has 1 amide bonds. The number of nitrogens with zero attached hydrogens (tertiary/aromatic N) is 3. The molecule has 0 unspecified atom stereocenters. The third-order valence-electron chi connectivity index (χ3n) is 4.64. The van der Waals surface area contributed by atoms with Gasteiger partial charge in [-0.25, -0.2) is 8.42 Å². The Bertz CT molecular complexity index is 1180. The van der Waals surface area contributed by atoms with Gasteiger partial charge in [0.05, 0.1) is 11.9 Å². The van der Waals surface area contributed by atoms with Gasteiger partial charge in [0.15, 0.2) is 6.10 Å². The number of hydrogen-bond donors (Lipinski definition) is 1. The molecule has 2 heterocycles. The van der Waals surface area contributed by atoms with E-state index in [9.17, 15) is 13.2 Å². The van der Waals surface area contributed by atoms with E-state index in [-0.39, 0.29) is 13.0 Å². The first kappa shape index (κ1) is 20.3. The maximum Gasteiger partial charge on any atom is 0.267 e. The minimum absolute atomic E-state index is 0.138. The topological polar surface area (TPSA) is 101 Å². The molecular weight excluding hydrogens is 424 g/mol. The first-order valence-electron chi connectivity index (χ1n) is 9.26. The minimum Gasteiger partial charge on any atom is -0.478 e. The maximum atomic E-state index is 12.8. The van der Waals surface area contributed by atoms with Crippen LogP contribution in [0.4, 0.5) is 10.8 Å². The number of carbonyl (C=O) groups is 1. The smallest absolute Gasteiger partial charge is 0.267 e. The Morgan fingerprint density at radius 1 is 1.17 bits per heavy atom. The molecule has 0 saturated carbocycles. The summed E-state index contributed by atoms with van der Waals surface area (Å²) in [6, 6.07) is 14.7. The first-order chi connectivity index (χ1) is 14.3. The van der Waals surface area contributed by atoms with Crippen LogP contribution < -0.4 is 14.4 Å². The van der Waals surface area contributed by atoms with Crippen LogP contribution in [0.3, 0.4) is 0 Å². The molecule has 30 heavy (non-hydrogen) atoms. The average molecular weight is 445 g/mol. The van der Waals surface area contributed by atoms with E-state index in [1.165, 1.54) is 15.6 Å². The van der Waals surface area contributed by atoms with Crippen molar-refractivity contribution in [3.05, 3.63) is 54.1 Å². The summed E-state index contributed by atoms with van der Waals surface area (Å²) in [5.41, 5.74) is 2.49. The van der Waals surface area contributed by atoms with Gasteiger partial charge in [-0.05, 0) is 19.1 Å². The Balaban J connectivity index is 1.51. The van der Waals surface area contributed by atoms with Gasteiger partial charge in [-0.1, -0.05) is 53.3 Å². The van der Waals surface area contributed by atoms with E-state index in [0.717, 1.165) is 17.4 Å². The van der Waals surface area contributed by atoms with E-state index in [1.54, 1.807) is 24.3 Å². The van der Waals surface area contributed by atoms with Crippen LogP contribution in [0.25, 0.3) is 10.6 Å². The number of benzene rings is 2. The fourth-order valence-corrected chi connectivity index (χ4v) is 4.83. The first-order valence-corrected chi connectivity index (χ1v) is 11.9. The number of sulfonamides is 1. The van der Waals surface area contributed by atoms with E-state index in [4.69, 9.17) is 4.74 Å². The number of amides is 1. The van der Waals surface area contributed by atoms with E-state index in [1.807, 2.05) is 31.2 Å². The van der Waals surface area contributed by atoms with Gasteiger partial charge in [-0.3, -0.25) is 14.4 Å². The molecule has 0 radical (unpaired) electrons. The molecule has 0 aliphatic carbocycles. The van der Waals surface area contributed by atoms with Gasteiger partial charge in [-0.15, -0.1) is 10.2 Å². The van der Waals surface area contributed by atoms with Gasteiger partial charge in [0.2, 0.25) is 15.2 Å². The third-order valence-corrected chi connectivity index (χ3v) is 6.71. The Hall–Kier alpha value is -2.98. The van der Waals surface area contributed by atoms with Crippen LogP contribution in [-0.4, -0.2) is 43.4 Å². The fourth-order valence-electron chi connectivity index (χ4n) is 3.13. The van der Waals surface area contributed by atoms with Gasteiger partial charge >= 0.3 is 0 Å². The summed E-state index contributed by atoms with van der Waals surface area (Å²) in [6.45, 7) is 2.14. The normalized spacial score (nSPS) is 16.3. The summed E-state index contributed by atoms with van der Waals surface area (Å²) in [7, 11) is -3.50. The van der Waals surface area contributed by atoms with E-state index in [2.05, 4.69) is 15.5 Å². The van der Waals surface area contributed by atoms with Crippen molar-refractivity contribution in [2.75, 3.05) is 22.4 Å². The van der Waals surface area contributed by atoms with Crippen LogP contribution in [0.2, 0.25) is 0 Å². The second-order valence-corrected chi connectivity index (χ2v) is 9.85. The molecule has 4 rings (SSSR count). The summed E-state index contributed by atoms with van der Waals surface area (Å²) in [5, 5.41) is 12.0. The summed E-state index contributed by atoms with van der Waals surface area (Å²) in [4.78, 5) is 12.8. The van der Waals surface area contributed by atoms with Gasteiger partial charge in [-0.2, -0.15) is 0 Å². The average Bonchev–Trinajstić information content (AvgIpc) is 3.06. The van der Waals surface area contributed by atoms with E-state index >= 15 is 0 Å². The number of rotatable bonds is 4. The molecule has 1 aliphatic rings. The number of nitrogens with one attached hydrogen (secondary N) is 1. The molecule has 0 bridgehead atoms. The maximum absolute atomic E-state index is 12.8. The second-order valence-electron chi connectivity index (χ2n) is 6.97. The molecule has 1 aromatic heterocycles. The van der Waals surface area contributed by atoms with Crippen LogP contribution in [0.5, 0.6) is 5.75 Å². The molecule has 1 atom stereocenters. The lowest BCUT2D eigenvalue weighted by Gasteiger charge is -2.20. The molecule has 0 fully saturated rings. The molecule has 10 heteroatoms. The van der Waals surface area contributed by atoms with Crippen molar-refractivity contribution in [2.24, 2.45) is 0 Å². The molecule has 0 spiro atoms. The lowest BCUT2D eigenvalue weighted by Crippen LogP contribution is -2.35. The monoisotopic (exact) mass is 444 g/mol. The molecular formula is C20H20N4O4S2. The number of aryl methyl sites for hydroxylation is 1. The number of anilines is 2. The summed E-state index contributed by atoms with van der Waals surface area (Å²) >= 11 is 1.26. The van der Waals surface area contributed by atoms with Gasteiger partial charge < -0.3 is 4.74 Å². The lowest BCUT2D eigenvalue weighted by atomic mass is 10.2. The molecule has 156 valence electrons. The highest BCUT2D eigenvalue weighted by molar-refractivity contribution is 7.92. The van der Waals surface area contributed by atoms with Crippen molar-refractivity contribution in [3.63, 3.8) is 0 Å². The highest BCUT2D eigenvalue weighted by Crippen LogP contribution is 2.34. The van der Waals surface area contributed by atoms with Crippen LogP contribution in [0.1, 0.15) is 12.0 Å². The van der Waals surface area contributed by atoms with Crippen molar-refractivity contribution in [1.82, 2.24) is 10.2 Å². The zero-order valence-corrected chi connectivity index (χ0v) is 18.0. The highest BCUT2D eigenvalue weighted by Gasteiger charge is 2.31. The SMILES string of the molecule is Cc1ccc(-c2nnc(NC(=O)[C@@H]3CCN(S(C)(=O)=O)c4ccccc4O3)s2)cc1. The van der Waals surface area contributed by atoms with Crippen LogP contribution in [0.15, 0.2) is 48.5 Å². The van der Waals surface area contributed by atoms with Crippen LogP contribution >= 0.6 is 11.3 Å². The Labute approximate surface area is 178 Å². The largest absolute Gasteiger partial charge is 0.478 e. The summed E-state index contributed by atoms with van der Waals surface area (Å²) < 4.78 is 31.5. The standard InChI is InChI=1S/C20H20N4O4S2/c1-13-7-9-14(10-8-13)19-22-23-20(29-19)21-18(25)17-11-12-24(30(2,26)27)15-5-3-4-6-16(15)28-17/h3-10,17H,11-12H2,1-2H3,(H,21,23,25)/t17-/m0/s1. The summed E-state index contributed by atoms with van der Waals surface area (Å²) in [6.07, 6.45) is 0.486. The second kappa shape index (κ2) is 8.04. The van der Waals surface area contributed by atoms with Gasteiger partial charge in [0, 0.05) is 18.5 Å². The Morgan fingerprint density at radius 2 is 1.90 bits per heavy atom. The molecule has 2 aromatic carbocycles. The van der Waals surface area contributed by atoms with Crippen molar-refractivity contribution in [2.45, 2.75) is 19.4 Å². The third kappa shape index (κ3) is 4.29. The van der Waals surface area contributed by atoms with Crippen molar-refractivity contribution < 1.29 is 17.9 Å². The fraction of sp³-hybridized carbons (Fsp3) is 0.250. The number of fused-ring (bicyclic) bond motifs is 1. The number of para-hydroxylation sites is 2. The molecule has 1 N–H and O–H groups in total. The van der Waals surface area contributed by atoms with Gasteiger partial charge in [0.25, 0.3) is 5.91 Å².